The molecule has 0 bridgehead atoms. The highest BCUT2D eigenvalue weighted by Crippen LogP contribution is 2.10. The lowest BCUT2D eigenvalue weighted by Gasteiger charge is -2.05. The Morgan fingerprint density at radius 1 is 1.33 bits per heavy atom. The molecule has 0 saturated carbocycles. The minimum absolute atomic E-state index is 0.470. The fourth-order valence-electron chi connectivity index (χ4n) is 1.24. The summed E-state index contributed by atoms with van der Waals surface area (Å²) in [7, 11) is 0. The first kappa shape index (κ1) is 8.80. The predicted molar refractivity (Wildman–Crippen MR) is 49.5 cm³/mol. The van der Waals surface area contributed by atoms with Gasteiger partial charge in [-0.15, -0.1) is 0 Å². The molecular weight excluding hydrogens is 146 g/mol. The fraction of sp³-hybridized carbons (Fsp3) is 0.364. The molecule has 0 heterocycles. The lowest BCUT2D eigenvalue weighted by molar-refractivity contribution is 0.596. The predicted octanol–water partition coefficient (Wildman–Crippen LogP) is 2.78. The lowest BCUT2D eigenvalue weighted by atomic mass is 9.99. The van der Waals surface area contributed by atoms with Crippen LogP contribution in [0.4, 0.5) is 0 Å². The maximum Gasteiger partial charge on any atom is 0.0624 e. The van der Waals surface area contributed by atoms with Crippen LogP contribution >= 0.6 is 0 Å². The van der Waals surface area contributed by atoms with Crippen molar-refractivity contribution in [3.8, 4) is 6.07 Å². The number of rotatable bonds is 3. The van der Waals surface area contributed by atoms with E-state index in [0.29, 0.717) is 12.3 Å². The summed E-state index contributed by atoms with van der Waals surface area (Å²) in [5, 5.41) is 8.46. The third-order valence-corrected chi connectivity index (χ3v) is 1.87. The van der Waals surface area contributed by atoms with Crippen molar-refractivity contribution in [1.82, 2.24) is 0 Å². The number of benzene rings is 1. The summed E-state index contributed by atoms with van der Waals surface area (Å²) in [5.74, 6) is 0.470. The van der Waals surface area contributed by atoms with E-state index in [1.807, 2.05) is 18.2 Å². The van der Waals surface area contributed by atoms with Gasteiger partial charge in [0, 0.05) is 6.42 Å². The molecule has 0 N–H and O–H groups in total. The van der Waals surface area contributed by atoms with Gasteiger partial charge in [0.2, 0.25) is 0 Å². The molecule has 0 aliphatic carbocycles. The second-order valence-electron chi connectivity index (χ2n) is 3.16. The van der Waals surface area contributed by atoms with Crippen LogP contribution in [0.1, 0.15) is 18.9 Å². The molecule has 0 fully saturated rings. The van der Waals surface area contributed by atoms with E-state index in [0.717, 1.165) is 6.42 Å². The van der Waals surface area contributed by atoms with Gasteiger partial charge in [0.25, 0.3) is 0 Å². The van der Waals surface area contributed by atoms with E-state index >= 15 is 0 Å². The number of nitriles is 1. The van der Waals surface area contributed by atoms with Crippen molar-refractivity contribution in [2.45, 2.75) is 19.8 Å². The summed E-state index contributed by atoms with van der Waals surface area (Å²) in [4.78, 5) is 0. The van der Waals surface area contributed by atoms with Gasteiger partial charge < -0.3 is 0 Å². The third-order valence-electron chi connectivity index (χ3n) is 1.87. The quantitative estimate of drug-likeness (QED) is 0.665. The SMILES string of the molecule is CC(CC#N)Cc1ccccc1. The topological polar surface area (TPSA) is 23.8 Å². The van der Waals surface area contributed by atoms with Gasteiger partial charge in [-0.2, -0.15) is 5.26 Å². The Bertz CT molecular complexity index is 258. The van der Waals surface area contributed by atoms with Crippen LogP contribution in [0.15, 0.2) is 30.3 Å². The normalized spacial score (nSPS) is 12.0. The number of nitrogens with zero attached hydrogens (tertiary/aromatic N) is 1. The van der Waals surface area contributed by atoms with Crippen LogP contribution < -0.4 is 0 Å². The van der Waals surface area contributed by atoms with Crippen molar-refractivity contribution in [2.75, 3.05) is 0 Å². The molecule has 1 aromatic rings. The molecule has 0 aliphatic heterocycles. The average molecular weight is 159 g/mol. The van der Waals surface area contributed by atoms with Crippen molar-refractivity contribution in [2.24, 2.45) is 5.92 Å². The van der Waals surface area contributed by atoms with Crippen LogP contribution in [0.5, 0.6) is 0 Å². The standard InChI is InChI=1S/C11H13N/c1-10(7-8-12)9-11-5-3-2-4-6-11/h2-6,10H,7,9H2,1H3. The van der Waals surface area contributed by atoms with Gasteiger partial charge in [0.15, 0.2) is 0 Å². The first-order chi connectivity index (χ1) is 5.83. The molecule has 0 radical (unpaired) electrons. The Morgan fingerprint density at radius 3 is 2.58 bits per heavy atom. The molecule has 0 amide bonds. The summed E-state index contributed by atoms with van der Waals surface area (Å²) >= 11 is 0. The maximum absolute atomic E-state index is 8.46. The molecule has 0 aliphatic rings. The number of hydrogen-bond acceptors (Lipinski definition) is 1. The first-order valence-corrected chi connectivity index (χ1v) is 4.24. The largest absolute Gasteiger partial charge is 0.198 e. The minimum Gasteiger partial charge on any atom is -0.198 e. The Labute approximate surface area is 73.6 Å². The molecule has 62 valence electrons. The summed E-state index contributed by atoms with van der Waals surface area (Å²) in [6, 6.07) is 12.5. The van der Waals surface area contributed by atoms with Crippen LogP contribution in [-0.2, 0) is 6.42 Å². The maximum atomic E-state index is 8.46. The van der Waals surface area contributed by atoms with E-state index in [2.05, 4.69) is 25.1 Å². The van der Waals surface area contributed by atoms with Crippen molar-refractivity contribution >= 4 is 0 Å². The van der Waals surface area contributed by atoms with Gasteiger partial charge >= 0.3 is 0 Å². The van der Waals surface area contributed by atoms with E-state index in [9.17, 15) is 0 Å². The Balaban J connectivity index is 2.48. The summed E-state index contributed by atoms with van der Waals surface area (Å²) < 4.78 is 0. The van der Waals surface area contributed by atoms with E-state index in [1.165, 1.54) is 5.56 Å². The van der Waals surface area contributed by atoms with Crippen LogP contribution in [0.3, 0.4) is 0 Å². The Morgan fingerprint density at radius 2 is 2.00 bits per heavy atom. The zero-order valence-corrected chi connectivity index (χ0v) is 7.33. The molecule has 0 spiro atoms. The summed E-state index contributed by atoms with van der Waals surface area (Å²) in [6.07, 6.45) is 1.66. The van der Waals surface area contributed by atoms with Gasteiger partial charge in [-0.1, -0.05) is 37.3 Å². The first-order valence-electron chi connectivity index (χ1n) is 4.24. The second kappa shape index (κ2) is 4.56. The molecule has 1 nitrogen and oxygen atoms in total. The third kappa shape index (κ3) is 2.75. The van der Waals surface area contributed by atoms with Gasteiger partial charge in [-0.3, -0.25) is 0 Å². The molecule has 0 saturated heterocycles. The highest BCUT2D eigenvalue weighted by Gasteiger charge is 2.01. The van der Waals surface area contributed by atoms with Gasteiger partial charge in [0.05, 0.1) is 6.07 Å². The Kier molecular flexibility index (Phi) is 3.35. The van der Waals surface area contributed by atoms with Gasteiger partial charge in [-0.25, -0.2) is 0 Å². The molecule has 12 heavy (non-hydrogen) atoms. The average Bonchev–Trinajstić information content (AvgIpc) is 2.06. The van der Waals surface area contributed by atoms with Crippen molar-refractivity contribution in [3.63, 3.8) is 0 Å². The zero-order chi connectivity index (χ0) is 8.81. The highest BCUT2D eigenvalue weighted by molar-refractivity contribution is 5.15. The van der Waals surface area contributed by atoms with Gasteiger partial charge in [-0.05, 0) is 17.9 Å². The summed E-state index contributed by atoms with van der Waals surface area (Å²) in [5.41, 5.74) is 1.32. The number of hydrogen-bond donors (Lipinski definition) is 0. The lowest BCUT2D eigenvalue weighted by Crippen LogP contribution is -1.97. The molecule has 1 aromatic carbocycles. The van der Waals surface area contributed by atoms with Gasteiger partial charge in [0.1, 0.15) is 0 Å². The van der Waals surface area contributed by atoms with E-state index in [-0.39, 0.29) is 0 Å². The summed E-state index contributed by atoms with van der Waals surface area (Å²) in [6.45, 7) is 2.11. The van der Waals surface area contributed by atoms with Crippen molar-refractivity contribution in [3.05, 3.63) is 35.9 Å². The second-order valence-corrected chi connectivity index (χ2v) is 3.16. The van der Waals surface area contributed by atoms with Crippen LogP contribution in [0.25, 0.3) is 0 Å². The molecular formula is C11H13N. The molecule has 1 rings (SSSR count). The molecule has 1 unspecified atom stereocenters. The Hall–Kier alpha value is -1.29. The van der Waals surface area contributed by atoms with E-state index in [4.69, 9.17) is 5.26 Å². The van der Waals surface area contributed by atoms with Crippen LogP contribution in [0.2, 0.25) is 0 Å². The minimum atomic E-state index is 0.470. The highest BCUT2D eigenvalue weighted by atomic mass is 14.2. The fourth-order valence-corrected chi connectivity index (χ4v) is 1.24. The van der Waals surface area contributed by atoms with Crippen LogP contribution in [-0.4, -0.2) is 0 Å². The smallest absolute Gasteiger partial charge is 0.0624 e. The van der Waals surface area contributed by atoms with Crippen molar-refractivity contribution in [1.29, 1.82) is 5.26 Å². The van der Waals surface area contributed by atoms with Crippen LogP contribution in [0, 0.1) is 17.2 Å². The van der Waals surface area contributed by atoms with Crippen molar-refractivity contribution < 1.29 is 0 Å². The molecule has 1 atom stereocenters. The monoisotopic (exact) mass is 159 g/mol. The molecule has 1 heteroatoms. The molecule has 0 aromatic heterocycles. The van der Waals surface area contributed by atoms with E-state index < -0.39 is 0 Å². The zero-order valence-electron chi connectivity index (χ0n) is 7.33. The van der Waals surface area contributed by atoms with E-state index in [1.54, 1.807) is 0 Å².